The number of carboxylic acid groups (broad SMARTS) is 1. The van der Waals surface area contributed by atoms with E-state index in [0.717, 1.165) is 19.3 Å². The average molecular weight is 287 g/mol. The third-order valence-corrected chi connectivity index (χ3v) is 3.68. The van der Waals surface area contributed by atoms with E-state index in [1.54, 1.807) is 7.11 Å². The summed E-state index contributed by atoms with van der Waals surface area (Å²) in [5.41, 5.74) is -0.449. The fourth-order valence-corrected chi connectivity index (χ4v) is 2.18. The Bertz CT molecular complexity index is 372. The molecule has 7 heteroatoms. The monoisotopic (exact) mass is 287 g/mol. The van der Waals surface area contributed by atoms with Gasteiger partial charge in [-0.3, -0.25) is 9.59 Å². The first-order valence-corrected chi connectivity index (χ1v) is 6.56. The smallest absolute Gasteiger partial charge is 0.326 e. The molecule has 20 heavy (non-hydrogen) atoms. The van der Waals surface area contributed by atoms with Crippen LogP contribution in [0.3, 0.4) is 0 Å². The number of carbonyl (C=O) groups excluding carboxylic acids is 2. The van der Waals surface area contributed by atoms with Crippen LogP contribution < -0.4 is 5.32 Å². The lowest BCUT2D eigenvalue weighted by Gasteiger charge is -2.40. The number of esters is 1. The number of carbonyl (C=O) groups is 3. The van der Waals surface area contributed by atoms with Crippen molar-refractivity contribution < 1.29 is 29.0 Å². The van der Waals surface area contributed by atoms with E-state index in [0.29, 0.717) is 0 Å². The maximum absolute atomic E-state index is 11.9. The molecule has 114 valence electrons. The van der Waals surface area contributed by atoms with Crippen LogP contribution in [0.25, 0.3) is 0 Å². The lowest BCUT2D eigenvalue weighted by Crippen LogP contribution is -2.47. The highest BCUT2D eigenvalue weighted by Gasteiger charge is 2.39. The summed E-state index contributed by atoms with van der Waals surface area (Å²) >= 11 is 0. The van der Waals surface area contributed by atoms with Crippen molar-refractivity contribution in [3.63, 3.8) is 0 Å². The lowest BCUT2D eigenvalue weighted by molar-refractivity contribution is -0.146. The second-order valence-electron chi connectivity index (χ2n) is 4.99. The summed E-state index contributed by atoms with van der Waals surface area (Å²) in [4.78, 5) is 33.9. The van der Waals surface area contributed by atoms with Crippen LogP contribution in [0.15, 0.2) is 0 Å². The Morgan fingerprint density at radius 3 is 2.35 bits per heavy atom. The van der Waals surface area contributed by atoms with Gasteiger partial charge in [-0.1, -0.05) is 0 Å². The third-order valence-electron chi connectivity index (χ3n) is 3.68. The van der Waals surface area contributed by atoms with Gasteiger partial charge in [-0.25, -0.2) is 4.79 Å². The first kappa shape index (κ1) is 16.4. The van der Waals surface area contributed by atoms with Crippen LogP contribution in [0.4, 0.5) is 0 Å². The number of amides is 1. The molecule has 0 aromatic heterocycles. The van der Waals surface area contributed by atoms with Gasteiger partial charge in [0.1, 0.15) is 6.04 Å². The Balaban J connectivity index is 2.46. The normalized spacial score (nSPS) is 17.7. The second-order valence-corrected chi connectivity index (χ2v) is 4.99. The maximum Gasteiger partial charge on any atom is 0.326 e. The Labute approximate surface area is 117 Å². The highest BCUT2D eigenvalue weighted by atomic mass is 16.5. The summed E-state index contributed by atoms with van der Waals surface area (Å²) in [5.74, 6) is -2.04. The molecule has 0 saturated heterocycles. The van der Waals surface area contributed by atoms with E-state index in [2.05, 4.69) is 10.1 Å². The zero-order valence-corrected chi connectivity index (χ0v) is 11.8. The molecule has 0 unspecified atom stereocenters. The second kappa shape index (κ2) is 7.23. The van der Waals surface area contributed by atoms with Gasteiger partial charge in [0, 0.05) is 13.5 Å². The van der Waals surface area contributed by atoms with E-state index in [4.69, 9.17) is 9.84 Å². The van der Waals surface area contributed by atoms with Gasteiger partial charge in [0.05, 0.1) is 19.1 Å². The van der Waals surface area contributed by atoms with Crippen molar-refractivity contribution in [1.29, 1.82) is 0 Å². The quantitative estimate of drug-likeness (QED) is 0.629. The van der Waals surface area contributed by atoms with Crippen molar-refractivity contribution >= 4 is 17.8 Å². The molecule has 0 bridgehead atoms. The number of ether oxygens (including phenoxy) is 2. The van der Waals surface area contributed by atoms with E-state index in [1.807, 2.05) is 0 Å². The van der Waals surface area contributed by atoms with Gasteiger partial charge >= 0.3 is 11.9 Å². The fraction of sp³-hybridized carbons (Fsp3) is 0.769. The molecule has 0 heterocycles. The van der Waals surface area contributed by atoms with E-state index in [9.17, 15) is 14.4 Å². The van der Waals surface area contributed by atoms with Gasteiger partial charge in [0.25, 0.3) is 0 Å². The van der Waals surface area contributed by atoms with Gasteiger partial charge < -0.3 is 19.9 Å². The molecule has 1 amide bonds. The minimum absolute atomic E-state index is 0.00767. The first-order valence-electron chi connectivity index (χ1n) is 6.56. The molecule has 1 aliphatic carbocycles. The van der Waals surface area contributed by atoms with Gasteiger partial charge in [-0.15, -0.1) is 0 Å². The van der Waals surface area contributed by atoms with Crippen LogP contribution >= 0.6 is 0 Å². The van der Waals surface area contributed by atoms with Gasteiger partial charge in [-0.2, -0.15) is 0 Å². The van der Waals surface area contributed by atoms with E-state index in [-0.39, 0.29) is 25.2 Å². The number of rotatable bonds is 8. The molecule has 1 fully saturated rings. The molecular weight excluding hydrogens is 266 g/mol. The van der Waals surface area contributed by atoms with Gasteiger partial charge in [0.15, 0.2) is 0 Å². The molecular formula is C13H21NO6. The molecule has 7 nitrogen and oxygen atoms in total. The molecule has 0 spiro atoms. The molecule has 1 atom stereocenters. The Kier molecular flexibility index (Phi) is 5.94. The molecule has 0 aromatic carbocycles. The minimum Gasteiger partial charge on any atom is -0.480 e. The number of methoxy groups -OCH3 is 2. The topological polar surface area (TPSA) is 102 Å². The summed E-state index contributed by atoms with van der Waals surface area (Å²) < 4.78 is 9.76. The van der Waals surface area contributed by atoms with Crippen LogP contribution in [0.5, 0.6) is 0 Å². The number of hydrogen-bond donors (Lipinski definition) is 2. The molecule has 1 aliphatic rings. The van der Waals surface area contributed by atoms with Crippen LogP contribution in [0.1, 0.15) is 38.5 Å². The summed E-state index contributed by atoms with van der Waals surface area (Å²) in [5, 5.41) is 11.5. The van der Waals surface area contributed by atoms with Crippen molar-refractivity contribution in [3.8, 4) is 0 Å². The van der Waals surface area contributed by atoms with E-state index >= 15 is 0 Å². The fourth-order valence-electron chi connectivity index (χ4n) is 2.18. The maximum atomic E-state index is 11.9. The molecule has 0 aromatic rings. The molecule has 2 N–H and O–H groups in total. The van der Waals surface area contributed by atoms with Gasteiger partial charge in [-0.05, 0) is 25.7 Å². The van der Waals surface area contributed by atoms with Crippen LogP contribution in [0, 0.1) is 0 Å². The highest BCUT2D eigenvalue weighted by molar-refractivity contribution is 5.84. The predicted molar refractivity (Wildman–Crippen MR) is 69.0 cm³/mol. The van der Waals surface area contributed by atoms with E-state index in [1.165, 1.54) is 7.11 Å². The number of aliphatic carboxylic acids is 1. The summed E-state index contributed by atoms with van der Waals surface area (Å²) in [6.07, 6.45) is 2.71. The standard InChI is InChI=1S/C13H21NO6/c1-19-11(16)5-4-9(12(17)18)14-10(15)8-13(20-2)6-3-7-13/h9H,3-8H2,1-2H3,(H,14,15)(H,17,18)/t9-/m0/s1. The zero-order valence-electron chi connectivity index (χ0n) is 11.8. The number of carboxylic acids is 1. The summed E-state index contributed by atoms with van der Waals surface area (Å²) in [6.45, 7) is 0. The minimum atomic E-state index is -1.16. The third kappa shape index (κ3) is 4.48. The molecule has 1 saturated carbocycles. The lowest BCUT2D eigenvalue weighted by atomic mass is 9.77. The molecule has 1 rings (SSSR count). The van der Waals surface area contributed by atoms with Crippen molar-refractivity contribution in [3.05, 3.63) is 0 Å². The number of hydrogen-bond acceptors (Lipinski definition) is 5. The average Bonchev–Trinajstić information content (AvgIpc) is 2.37. The van der Waals surface area contributed by atoms with Crippen molar-refractivity contribution in [2.75, 3.05) is 14.2 Å². The number of nitrogens with one attached hydrogen (secondary N) is 1. The summed E-state index contributed by atoms with van der Waals surface area (Å²) in [7, 11) is 2.79. The molecule has 0 aliphatic heterocycles. The Morgan fingerprint density at radius 2 is 1.95 bits per heavy atom. The van der Waals surface area contributed by atoms with E-state index < -0.39 is 23.6 Å². The van der Waals surface area contributed by atoms with Crippen LogP contribution in [-0.2, 0) is 23.9 Å². The SMILES string of the molecule is COC(=O)CC[C@H](NC(=O)CC1(OC)CCC1)C(=O)O. The first-order chi connectivity index (χ1) is 9.42. The van der Waals surface area contributed by atoms with Crippen molar-refractivity contribution in [2.45, 2.75) is 50.2 Å². The summed E-state index contributed by atoms with van der Waals surface area (Å²) in [6, 6.07) is -1.09. The highest BCUT2D eigenvalue weighted by Crippen LogP contribution is 2.37. The molecule has 0 radical (unpaired) electrons. The Hall–Kier alpha value is -1.63. The van der Waals surface area contributed by atoms with Crippen molar-refractivity contribution in [1.82, 2.24) is 5.32 Å². The largest absolute Gasteiger partial charge is 0.480 e. The predicted octanol–water partition coefficient (Wildman–Crippen LogP) is 0.468. The van der Waals surface area contributed by atoms with Gasteiger partial charge in [0.2, 0.25) is 5.91 Å². The zero-order chi connectivity index (χ0) is 15.2. The van der Waals surface area contributed by atoms with Crippen LogP contribution in [0.2, 0.25) is 0 Å². The van der Waals surface area contributed by atoms with Crippen molar-refractivity contribution in [2.24, 2.45) is 0 Å². The Morgan fingerprint density at radius 1 is 1.30 bits per heavy atom. The van der Waals surface area contributed by atoms with Crippen LogP contribution in [-0.4, -0.2) is 48.8 Å².